The van der Waals surface area contributed by atoms with Crippen LogP contribution in [0.5, 0.6) is 5.75 Å². The third-order valence-electron chi connectivity index (χ3n) is 3.76. The number of anilines is 1. The third kappa shape index (κ3) is 2.39. The lowest BCUT2D eigenvalue weighted by molar-refractivity contribution is 0.102. The molecule has 0 saturated heterocycles. The quantitative estimate of drug-likeness (QED) is 0.858. The van der Waals surface area contributed by atoms with Crippen molar-refractivity contribution in [3.05, 3.63) is 41.2 Å². The lowest BCUT2D eigenvalue weighted by Crippen LogP contribution is -2.12. The first kappa shape index (κ1) is 13.7. The van der Waals surface area contributed by atoms with Gasteiger partial charge < -0.3 is 10.1 Å². The molecule has 0 spiro atoms. The molecule has 0 radical (unpaired) electrons. The number of ether oxygens (including phenoxy) is 1. The van der Waals surface area contributed by atoms with Crippen molar-refractivity contribution in [3.63, 3.8) is 0 Å². The van der Waals surface area contributed by atoms with Gasteiger partial charge in [-0.3, -0.25) is 9.48 Å². The highest BCUT2D eigenvalue weighted by Gasteiger charge is 2.22. The number of nitrogens with zero attached hydrogens (tertiary/aromatic N) is 2. The zero-order chi connectivity index (χ0) is 14.8. The molecule has 1 N–H and O–H groups in total. The molecule has 1 aromatic carbocycles. The average Bonchev–Trinajstić information content (AvgIpc) is 3.12. The Morgan fingerprint density at radius 1 is 1.48 bits per heavy atom. The Morgan fingerprint density at radius 3 is 3.10 bits per heavy atom. The summed E-state index contributed by atoms with van der Waals surface area (Å²) in [7, 11) is 1.56. The van der Waals surface area contributed by atoms with Crippen LogP contribution in [0.3, 0.4) is 0 Å². The molecule has 5 nitrogen and oxygen atoms in total. The van der Waals surface area contributed by atoms with Crippen LogP contribution in [0.25, 0.3) is 0 Å². The number of nitrogens with one attached hydrogen (secondary N) is 1. The molecular weight excluding hydrogens is 266 g/mol. The van der Waals surface area contributed by atoms with Gasteiger partial charge in [-0.25, -0.2) is 0 Å². The van der Waals surface area contributed by atoms with Gasteiger partial charge in [0.1, 0.15) is 0 Å². The van der Waals surface area contributed by atoms with Crippen molar-refractivity contribution in [2.75, 3.05) is 19.0 Å². The summed E-state index contributed by atoms with van der Waals surface area (Å²) >= 11 is 0. The number of hydrogen-bond donors (Lipinski definition) is 1. The molecule has 5 heteroatoms. The van der Waals surface area contributed by atoms with Crippen LogP contribution >= 0.6 is 0 Å². The lowest BCUT2D eigenvalue weighted by atomic mass is 10.0. The van der Waals surface area contributed by atoms with Gasteiger partial charge in [-0.2, -0.15) is 5.10 Å². The van der Waals surface area contributed by atoms with E-state index >= 15 is 0 Å². The monoisotopic (exact) mass is 285 g/mol. The third-order valence-corrected chi connectivity index (χ3v) is 3.76. The van der Waals surface area contributed by atoms with E-state index in [0.717, 1.165) is 25.1 Å². The topological polar surface area (TPSA) is 56.2 Å². The molecule has 1 aliphatic heterocycles. The van der Waals surface area contributed by atoms with Gasteiger partial charge in [-0.1, -0.05) is 19.1 Å². The summed E-state index contributed by atoms with van der Waals surface area (Å²) in [5, 5.41) is 7.55. The number of aromatic nitrogens is 2. The van der Waals surface area contributed by atoms with Crippen molar-refractivity contribution < 1.29 is 9.53 Å². The normalized spacial score (nSPS) is 12.9. The van der Waals surface area contributed by atoms with Gasteiger partial charge in [-0.05, 0) is 24.5 Å². The Hall–Kier alpha value is -2.30. The van der Waals surface area contributed by atoms with Crippen LogP contribution in [0, 0.1) is 0 Å². The number of aryl methyl sites for hydroxylation is 1. The highest BCUT2D eigenvalue weighted by molar-refractivity contribution is 6.10. The Labute approximate surface area is 123 Å². The number of ketones is 1. The smallest absolute Gasteiger partial charge is 0.214 e. The van der Waals surface area contributed by atoms with Gasteiger partial charge in [0, 0.05) is 24.3 Å². The van der Waals surface area contributed by atoms with E-state index in [4.69, 9.17) is 4.74 Å². The fraction of sp³-hybridized carbons (Fsp3) is 0.375. The van der Waals surface area contributed by atoms with Gasteiger partial charge >= 0.3 is 0 Å². The molecule has 1 aromatic heterocycles. The first-order valence-corrected chi connectivity index (χ1v) is 7.26. The predicted molar refractivity (Wildman–Crippen MR) is 81.1 cm³/mol. The van der Waals surface area contributed by atoms with Crippen LogP contribution in [0.15, 0.2) is 24.4 Å². The standard InChI is InChI=1S/C16H19N3O2/c1-3-8-19-15(14(21-2)10-18-19)16(20)12-5-4-11-6-7-17-13(11)9-12/h4-5,9-10,17H,3,6-8H2,1-2H3. The Balaban J connectivity index is 2.00. The fourth-order valence-electron chi connectivity index (χ4n) is 2.70. The Morgan fingerprint density at radius 2 is 2.33 bits per heavy atom. The Kier molecular flexibility index (Phi) is 3.64. The first-order valence-electron chi connectivity index (χ1n) is 7.26. The molecule has 0 aliphatic carbocycles. The van der Waals surface area contributed by atoms with Crippen LogP contribution in [0.1, 0.15) is 35.0 Å². The summed E-state index contributed by atoms with van der Waals surface area (Å²) in [6.45, 7) is 3.69. The first-order chi connectivity index (χ1) is 10.2. The van der Waals surface area contributed by atoms with Crippen LogP contribution in [0.4, 0.5) is 5.69 Å². The largest absolute Gasteiger partial charge is 0.493 e. The summed E-state index contributed by atoms with van der Waals surface area (Å²) in [5.41, 5.74) is 3.51. The second-order valence-electron chi connectivity index (χ2n) is 5.16. The minimum absolute atomic E-state index is 0.0469. The van der Waals surface area contributed by atoms with Crippen molar-refractivity contribution >= 4 is 11.5 Å². The highest BCUT2D eigenvalue weighted by atomic mass is 16.5. The van der Waals surface area contributed by atoms with E-state index in [0.29, 0.717) is 23.6 Å². The number of fused-ring (bicyclic) bond motifs is 1. The number of methoxy groups -OCH3 is 1. The minimum Gasteiger partial charge on any atom is -0.493 e. The summed E-state index contributed by atoms with van der Waals surface area (Å²) in [5.74, 6) is 0.483. The molecule has 1 aliphatic rings. The van der Waals surface area contributed by atoms with E-state index in [1.54, 1.807) is 18.0 Å². The number of rotatable bonds is 5. The highest BCUT2D eigenvalue weighted by Crippen LogP contribution is 2.27. The van der Waals surface area contributed by atoms with Crippen molar-refractivity contribution in [1.82, 2.24) is 9.78 Å². The second kappa shape index (κ2) is 5.60. The summed E-state index contributed by atoms with van der Waals surface area (Å²) < 4.78 is 7.01. The molecule has 21 heavy (non-hydrogen) atoms. The lowest BCUT2D eigenvalue weighted by Gasteiger charge is -2.09. The molecule has 110 valence electrons. The van der Waals surface area contributed by atoms with E-state index in [-0.39, 0.29) is 5.78 Å². The summed E-state index contributed by atoms with van der Waals surface area (Å²) in [4.78, 5) is 12.8. The molecule has 3 rings (SSSR count). The zero-order valence-corrected chi connectivity index (χ0v) is 12.3. The Bertz CT molecular complexity index is 676. The van der Waals surface area contributed by atoms with Crippen LogP contribution in [-0.2, 0) is 13.0 Å². The molecule has 0 bridgehead atoms. The van der Waals surface area contributed by atoms with Crippen molar-refractivity contribution in [3.8, 4) is 5.75 Å². The van der Waals surface area contributed by atoms with E-state index in [2.05, 4.69) is 17.3 Å². The maximum absolute atomic E-state index is 12.8. The molecule has 0 saturated carbocycles. The van der Waals surface area contributed by atoms with Crippen LogP contribution < -0.4 is 10.1 Å². The predicted octanol–water partition coefficient (Wildman–Crippen LogP) is 2.50. The van der Waals surface area contributed by atoms with E-state index in [1.165, 1.54) is 5.56 Å². The van der Waals surface area contributed by atoms with E-state index in [9.17, 15) is 4.79 Å². The second-order valence-corrected chi connectivity index (χ2v) is 5.16. The van der Waals surface area contributed by atoms with E-state index < -0.39 is 0 Å². The maximum atomic E-state index is 12.8. The van der Waals surface area contributed by atoms with Gasteiger partial charge in [-0.15, -0.1) is 0 Å². The molecule has 0 fully saturated rings. The molecule has 0 unspecified atom stereocenters. The van der Waals surface area contributed by atoms with E-state index in [1.807, 2.05) is 18.2 Å². The number of carbonyl (C=O) groups excluding carboxylic acids is 1. The summed E-state index contributed by atoms with van der Waals surface area (Å²) in [6.07, 6.45) is 3.53. The molecule has 2 heterocycles. The van der Waals surface area contributed by atoms with Gasteiger partial charge in [0.25, 0.3) is 0 Å². The number of benzene rings is 1. The average molecular weight is 285 g/mol. The SMILES string of the molecule is CCCn1ncc(OC)c1C(=O)c1ccc2c(c1)NCC2. The minimum atomic E-state index is -0.0469. The fourth-order valence-corrected chi connectivity index (χ4v) is 2.70. The number of hydrogen-bond acceptors (Lipinski definition) is 4. The zero-order valence-electron chi connectivity index (χ0n) is 12.3. The van der Waals surface area contributed by atoms with Gasteiger partial charge in [0.2, 0.25) is 5.78 Å². The van der Waals surface area contributed by atoms with Crippen molar-refractivity contribution in [2.45, 2.75) is 26.3 Å². The van der Waals surface area contributed by atoms with Crippen molar-refractivity contribution in [2.24, 2.45) is 0 Å². The molecular formula is C16H19N3O2. The van der Waals surface area contributed by atoms with Crippen LogP contribution in [0.2, 0.25) is 0 Å². The molecule has 0 amide bonds. The number of carbonyl (C=O) groups is 1. The van der Waals surface area contributed by atoms with Crippen molar-refractivity contribution in [1.29, 1.82) is 0 Å². The molecule has 2 aromatic rings. The van der Waals surface area contributed by atoms with Crippen LogP contribution in [-0.4, -0.2) is 29.2 Å². The van der Waals surface area contributed by atoms with Gasteiger partial charge in [0.05, 0.1) is 13.3 Å². The maximum Gasteiger partial charge on any atom is 0.214 e. The van der Waals surface area contributed by atoms with Gasteiger partial charge in [0.15, 0.2) is 11.4 Å². The molecule has 0 atom stereocenters. The summed E-state index contributed by atoms with van der Waals surface area (Å²) in [6, 6.07) is 5.83.